The zero-order chi connectivity index (χ0) is 26.5. The second-order valence-electron chi connectivity index (χ2n) is 9.40. The summed E-state index contributed by atoms with van der Waals surface area (Å²) in [7, 11) is 1.61. The minimum absolute atomic E-state index is 0.00804. The van der Waals surface area contributed by atoms with Crippen LogP contribution in [0.5, 0.6) is 11.5 Å². The highest BCUT2D eigenvalue weighted by Crippen LogP contribution is 2.39. The van der Waals surface area contributed by atoms with Crippen molar-refractivity contribution in [3.63, 3.8) is 0 Å². The molecule has 3 aromatic rings. The van der Waals surface area contributed by atoms with Gasteiger partial charge in [0.05, 0.1) is 12.0 Å². The van der Waals surface area contributed by atoms with Gasteiger partial charge in [0.1, 0.15) is 6.61 Å². The molecular formula is C30H30ClN3O3S. The molecule has 38 heavy (non-hydrogen) atoms. The molecule has 1 aliphatic heterocycles. The molecule has 0 atom stereocenters. The maximum absolute atomic E-state index is 13.7. The molecule has 5 rings (SSSR count). The van der Waals surface area contributed by atoms with Crippen molar-refractivity contribution in [2.45, 2.75) is 51.7 Å². The lowest BCUT2D eigenvalue weighted by Crippen LogP contribution is -2.40. The fraction of sp³-hybridized carbons (Fsp3) is 0.300. The summed E-state index contributed by atoms with van der Waals surface area (Å²) >= 11 is 7.67. The van der Waals surface area contributed by atoms with Gasteiger partial charge in [-0.05, 0) is 73.5 Å². The minimum atomic E-state index is -0.00804. The second kappa shape index (κ2) is 12.0. The highest BCUT2D eigenvalue weighted by atomic mass is 35.5. The van der Waals surface area contributed by atoms with Crippen molar-refractivity contribution in [2.75, 3.05) is 7.11 Å². The number of carbonyl (C=O) groups excluding carboxylic acids is 1. The number of amidine groups is 1. The Bertz CT molecular complexity index is 1380. The van der Waals surface area contributed by atoms with Crippen LogP contribution >= 0.6 is 23.4 Å². The quantitative estimate of drug-likeness (QED) is 0.285. The van der Waals surface area contributed by atoms with Crippen LogP contribution < -0.4 is 9.47 Å². The van der Waals surface area contributed by atoms with E-state index < -0.39 is 0 Å². The number of thioether (sulfide) groups is 1. The summed E-state index contributed by atoms with van der Waals surface area (Å²) in [5, 5.41) is 1.35. The van der Waals surface area contributed by atoms with E-state index in [1.165, 1.54) is 18.2 Å². The van der Waals surface area contributed by atoms with Crippen LogP contribution in [0.3, 0.4) is 0 Å². The Morgan fingerprint density at radius 1 is 1.08 bits per heavy atom. The molecule has 196 valence electrons. The third kappa shape index (κ3) is 6.05. The largest absolute Gasteiger partial charge is 0.493 e. The average molecular weight is 548 g/mol. The normalized spacial score (nSPS) is 18.4. The van der Waals surface area contributed by atoms with Crippen LogP contribution in [0.15, 0.2) is 70.6 Å². The molecule has 0 spiro atoms. The summed E-state index contributed by atoms with van der Waals surface area (Å²) in [4.78, 5) is 25.5. The lowest BCUT2D eigenvalue weighted by molar-refractivity contribution is -0.124. The molecular weight excluding hydrogens is 518 g/mol. The molecule has 1 aromatic heterocycles. The fourth-order valence-electron chi connectivity index (χ4n) is 4.73. The predicted molar refractivity (Wildman–Crippen MR) is 154 cm³/mol. The number of hydrogen-bond acceptors (Lipinski definition) is 6. The van der Waals surface area contributed by atoms with E-state index >= 15 is 0 Å². The highest BCUT2D eigenvalue weighted by Gasteiger charge is 2.38. The zero-order valence-electron chi connectivity index (χ0n) is 21.5. The molecule has 8 heteroatoms. The maximum atomic E-state index is 13.7. The Kier molecular flexibility index (Phi) is 8.35. The molecule has 2 fully saturated rings. The third-order valence-electron chi connectivity index (χ3n) is 6.69. The predicted octanol–water partition coefficient (Wildman–Crippen LogP) is 7.57. The van der Waals surface area contributed by atoms with Crippen LogP contribution in [0.4, 0.5) is 5.82 Å². The zero-order valence-corrected chi connectivity index (χ0v) is 23.1. The molecule has 2 aliphatic rings. The SMILES string of the molecule is COc1cc(/C=C2\S/C(=N/c3cccc(C)n3)N(C3CCCCC3)C2=O)ccc1OCc1ccccc1Cl. The van der Waals surface area contributed by atoms with Gasteiger partial charge >= 0.3 is 0 Å². The van der Waals surface area contributed by atoms with Crippen molar-refractivity contribution < 1.29 is 14.3 Å². The van der Waals surface area contributed by atoms with Gasteiger partial charge in [0.2, 0.25) is 0 Å². The second-order valence-corrected chi connectivity index (χ2v) is 10.8. The molecule has 1 aliphatic carbocycles. The number of methoxy groups -OCH3 is 1. The van der Waals surface area contributed by atoms with Gasteiger partial charge in [0, 0.05) is 22.3 Å². The molecule has 2 heterocycles. The molecule has 2 aromatic carbocycles. The fourth-order valence-corrected chi connectivity index (χ4v) is 5.97. The number of aliphatic imine (C=N–C) groups is 1. The van der Waals surface area contributed by atoms with E-state index in [0.29, 0.717) is 39.0 Å². The number of hydrogen-bond donors (Lipinski definition) is 0. The molecule has 1 amide bonds. The highest BCUT2D eigenvalue weighted by molar-refractivity contribution is 8.18. The number of ether oxygens (including phenoxy) is 2. The Hall–Kier alpha value is -3.29. The minimum Gasteiger partial charge on any atom is -0.493 e. The van der Waals surface area contributed by atoms with E-state index in [1.54, 1.807) is 7.11 Å². The molecule has 1 saturated carbocycles. The van der Waals surface area contributed by atoms with Crippen molar-refractivity contribution >= 4 is 46.3 Å². The molecule has 0 bridgehead atoms. The number of pyridine rings is 1. The van der Waals surface area contributed by atoms with Crippen LogP contribution in [-0.2, 0) is 11.4 Å². The molecule has 0 N–H and O–H groups in total. The molecule has 6 nitrogen and oxygen atoms in total. The first kappa shape index (κ1) is 26.3. The van der Waals surface area contributed by atoms with Crippen LogP contribution in [0, 0.1) is 6.92 Å². The summed E-state index contributed by atoms with van der Waals surface area (Å²) in [5.74, 6) is 1.80. The van der Waals surface area contributed by atoms with E-state index in [2.05, 4.69) is 4.98 Å². The van der Waals surface area contributed by atoms with Gasteiger partial charge in [-0.25, -0.2) is 9.98 Å². The van der Waals surface area contributed by atoms with E-state index in [9.17, 15) is 4.79 Å². The Labute approximate surface area is 232 Å². The molecule has 0 unspecified atom stereocenters. The van der Waals surface area contributed by atoms with E-state index in [4.69, 9.17) is 26.1 Å². The first-order chi connectivity index (χ1) is 18.5. The summed E-state index contributed by atoms with van der Waals surface area (Å²) in [6.07, 6.45) is 7.35. The summed E-state index contributed by atoms with van der Waals surface area (Å²) < 4.78 is 11.6. The van der Waals surface area contributed by atoms with Crippen LogP contribution in [0.25, 0.3) is 6.08 Å². The summed E-state index contributed by atoms with van der Waals surface area (Å²) in [6.45, 7) is 2.27. The van der Waals surface area contributed by atoms with Gasteiger partial charge in [0.25, 0.3) is 5.91 Å². The Balaban J connectivity index is 1.41. The summed E-state index contributed by atoms with van der Waals surface area (Å²) in [5.41, 5.74) is 2.64. The van der Waals surface area contributed by atoms with Crippen molar-refractivity contribution in [1.29, 1.82) is 0 Å². The van der Waals surface area contributed by atoms with Gasteiger partial charge in [-0.3, -0.25) is 9.69 Å². The van der Waals surface area contributed by atoms with E-state index in [0.717, 1.165) is 42.5 Å². The van der Waals surface area contributed by atoms with Crippen LogP contribution in [0.1, 0.15) is 48.9 Å². The van der Waals surface area contributed by atoms with E-state index in [-0.39, 0.29) is 11.9 Å². The lowest BCUT2D eigenvalue weighted by Gasteiger charge is -2.30. The van der Waals surface area contributed by atoms with Crippen molar-refractivity contribution in [1.82, 2.24) is 9.88 Å². The maximum Gasteiger partial charge on any atom is 0.267 e. The molecule has 0 radical (unpaired) electrons. The van der Waals surface area contributed by atoms with Crippen LogP contribution in [0.2, 0.25) is 5.02 Å². The van der Waals surface area contributed by atoms with Crippen molar-refractivity contribution in [2.24, 2.45) is 4.99 Å². The number of amides is 1. The lowest BCUT2D eigenvalue weighted by atomic mass is 9.94. The number of nitrogens with zero attached hydrogens (tertiary/aromatic N) is 3. The van der Waals surface area contributed by atoms with Crippen molar-refractivity contribution in [3.8, 4) is 11.5 Å². The van der Waals surface area contributed by atoms with Gasteiger partial charge < -0.3 is 9.47 Å². The number of benzene rings is 2. The first-order valence-corrected chi connectivity index (χ1v) is 14.0. The first-order valence-electron chi connectivity index (χ1n) is 12.8. The number of halogens is 1. The van der Waals surface area contributed by atoms with Gasteiger partial charge in [-0.1, -0.05) is 61.2 Å². The molecule has 1 saturated heterocycles. The Morgan fingerprint density at radius 3 is 2.66 bits per heavy atom. The number of aromatic nitrogens is 1. The topological polar surface area (TPSA) is 64.0 Å². The number of carbonyl (C=O) groups is 1. The van der Waals surface area contributed by atoms with Gasteiger partial charge in [-0.15, -0.1) is 0 Å². The van der Waals surface area contributed by atoms with Gasteiger partial charge in [-0.2, -0.15) is 0 Å². The summed E-state index contributed by atoms with van der Waals surface area (Å²) in [6, 6.07) is 19.2. The van der Waals surface area contributed by atoms with Gasteiger partial charge in [0.15, 0.2) is 22.5 Å². The number of aryl methyl sites for hydroxylation is 1. The number of rotatable bonds is 7. The van der Waals surface area contributed by atoms with Crippen LogP contribution in [-0.4, -0.2) is 34.1 Å². The standard InChI is InChI=1S/C30H30ClN3O3S/c1-20-9-8-14-28(32-20)33-30-34(23-11-4-3-5-12-23)29(35)27(38-30)18-21-15-16-25(26(17-21)36-2)37-19-22-10-6-7-13-24(22)31/h6-10,13-18,23H,3-5,11-12,19H2,1-2H3/b27-18-,33-30+. The smallest absolute Gasteiger partial charge is 0.267 e. The third-order valence-corrected chi connectivity index (χ3v) is 8.04. The Morgan fingerprint density at radius 2 is 1.89 bits per heavy atom. The monoisotopic (exact) mass is 547 g/mol. The average Bonchev–Trinajstić information content (AvgIpc) is 3.23. The van der Waals surface area contributed by atoms with E-state index in [1.807, 2.05) is 78.6 Å². The van der Waals surface area contributed by atoms with Crippen molar-refractivity contribution in [3.05, 3.63) is 87.4 Å².